The minimum Gasteiger partial charge on any atom is -0.364 e. The van der Waals surface area contributed by atoms with Gasteiger partial charge >= 0.3 is 0 Å². The summed E-state index contributed by atoms with van der Waals surface area (Å²) in [5, 5.41) is 5.19. The van der Waals surface area contributed by atoms with Crippen molar-refractivity contribution in [1.82, 2.24) is 9.97 Å². The van der Waals surface area contributed by atoms with E-state index in [1.807, 2.05) is 5.38 Å². The molecular weight excluding hydrogens is 348 g/mol. The first kappa shape index (κ1) is 17.9. The molecule has 3 aromatic rings. The summed E-state index contributed by atoms with van der Waals surface area (Å²) in [6.45, 7) is 4.12. The molecule has 0 saturated carbocycles. The third kappa shape index (κ3) is 4.18. The Hall–Kier alpha value is -2.93. The van der Waals surface area contributed by atoms with Crippen molar-refractivity contribution in [1.29, 1.82) is 0 Å². The number of H-pyrrole nitrogens is 1. The van der Waals surface area contributed by atoms with Gasteiger partial charge in [0.05, 0.1) is 5.69 Å². The number of rotatable bonds is 6. The molecule has 0 spiro atoms. The van der Waals surface area contributed by atoms with Crippen LogP contribution in [-0.4, -0.2) is 21.8 Å². The van der Waals surface area contributed by atoms with Crippen molar-refractivity contribution in [3.8, 4) is 11.3 Å². The first-order valence-corrected chi connectivity index (χ1v) is 9.10. The van der Waals surface area contributed by atoms with Crippen LogP contribution in [0.15, 0.2) is 35.8 Å². The van der Waals surface area contributed by atoms with Crippen molar-refractivity contribution in [3.05, 3.63) is 58.2 Å². The summed E-state index contributed by atoms with van der Waals surface area (Å²) in [6.07, 6.45) is 2.76. The molecule has 2 aromatic heterocycles. The van der Waals surface area contributed by atoms with E-state index in [0.29, 0.717) is 29.4 Å². The van der Waals surface area contributed by atoms with Crippen LogP contribution in [0.1, 0.15) is 33.6 Å². The summed E-state index contributed by atoms with van der Waals surface area (Å²) in [7, 11) is 0. The molecule has 6 nitrogen and oxygen atoms in total. The first-order chi connectivity index (χ1) is 12.4. The van der Waals surface area contributed by atoms with E-state index in [4.69, 9.17) is 5.73 Å². The Kier molecular flexibility index (Phi) is 5.18. The monoisotopic (exact) mass is 368 g/mol. The van der Waals surface area contributed by atoms with Gasteiger partial charge in [-0.3, -0.25) is 9.59 Å². The highest BCUT2D eigenvalue weighted by Crippen LogP contribution is 2.25. The fourth-order valence-electron chi connectivity index (χ4n) is 2.70. The van der Waals surface area contributed by atoms with Crippen LogP contribution in [0.25, 0.3) is 11.3 Å². The average molecular weight is 368 g/mol. The van der Waals surface area contributed by atoms with Crippen molar-refractivity contribution in [3.63, 3.8) is 0 Å². The molecule has 0 bridgehead atoms. The zero-order chi connectivity index (χ0) is 18.7. The van der Waals surface area contributed by atoms with E-state index in [2.05, 4.69) is 47.3 Å². The maximum absolute atomic E-state index is 12.2. The quantitative estimate of drug-likeness (QED) is 0.621. The van der Waals surface area contributed by atoms with Crippen molar-refractivity contribution in [2.45, 2.75) is 26.7 Å². The molecule has 1 aromatic carbocycles. The number of aromatic amines is 1. The second-order valence-corrected chi connectivity index (χ2v) is 7.04. The SMILES string of the molecule is Cc1ccc(CCC(=O)Nc2nc(-c3c[nH]c(C(N)=O)c3)cs2)c(C)c1. The molecule has 4 N–H and O–H groups in total. The molecule has 0 saturated heterocycles. The first-order valence-electron chi connectivity index (χ1n) is 8.22. The van der Waals surface area contributed by atoms with Gasteiger partial charge in [0.1, 0.15) is 5.69 Å². The predicted octanol–water partition coefficient (Wildman–Crippen LogP) is 3.43. The molecule has 0 radical (unpaired) electrons. The molecule has 26 heavy (non-hydrogen) atoms. The molecule has 2 heterocycles. The molecule has 0 aliphatic carbocycles. The Morgan fingerprint density at radius 2 is 2.08 bits per heavy atom. The second kappa shape index (κ2) is 7.53. The van der Waals surface area contributed by atoms with E-state index in [1.165, 1.54) is 28.0 Å². The van der Waals surface area contributed by atoms with Crippen molar-refractivity contribution in [2.24, 2.45) is 5.73 Å². The number of primary amides is 1. The third-order valence-electron chi connectivity index (χ3n) is 4.11. The van der Waals surface area contributed by atoms with E-state index in [0.717, 1.165) is 5.56 Å². The van der Waals surface area contributed by atoms with Crippen LogP contribution in [0.3, 0.4) is 0 Å². The lowest BCUT2D eigenvalue weighted by atomic mass is 10.0. The predicted molar refractivity (Wildman–Crippen MR) is 103 cm³/mol. The van der Waals surface area contributed by atoms with Crippen LogP contribution in [-0.2, 0) is 11.2 Å². The number of amides is 2. The molecule has 7 heteroatoms. The Balaban J connectivity index is 1.59. The van der Waals surface area contributed by atoms with E-state index in [1.54, 1.807) is 12.3 Å². The molecular formula is C19H20N4O2S. The van der Waals surface area contributed by atoms with Crippen molar-refractivity contribution >= 4 is 28.3 Å². The number of carbonyl (C=O) groups is 2. The Morgan fingerprint density at radius 3 is 2.77 bits per heavy atom. The minimum absolute atomic E-state index is 0.0715. The van der Waals surface area contributed by atoms with Crippen molar-refractivity contribution in [2.75, 3.05) is 5.32 Å². The average Bonchev–Trinajstić information content (AvgIpc) is 3.23. The molecule has 0 unspecified atom stereocenters. The normalized spacial score (nSPS) is 10.7. The van der Waals surface area contributed by atoms with Crippen LogP contribution in [0, 0.1) is 13.8 Å². The van der Waals surface area contributed by atoms with Gasteiger partial charge in [-0.05, 0) is 37.5 Å². The molecule has 0 fully saturated rings. The minimum atomic E-state index is -0.522. The molecule has 0 aliphatic heterocycles. The lowest BCUT2D eigenvalue weighted by molar-refractivity contribution is -0.116. The lowest BCUT2D eigenvalue weighted by Gasteiger charge is -2.06. The van der Waals surface area contributed by atoms with Gasteiger partial charge in [0.15, 0.2) is 5.13 Å². The lowest BCUT2D eigenvalue weighted by Crippen LogP contribution is -2.12. The molecule has 0 atom stereocenters. The van der Waals surface area contributed by atoms with Gasteiger partial charge in [0.2, 0.25) is 5.91 Å². The molecule has 3 rings (SSSR count). The highest BCUT2D eigenvalue weighted by atomic mass is 32.1. The van der Waals surface area contributed by atoms with Crippen LogP contribution >= 0.6 is 11.3 Å². The van der Waals surface area contributed by atoms with Gasteiger partial charge in [-0.15, -0.1) is 11.3 Å². The summed E-state index contributed by atoms with van der Waals surface area (Å²) in [4.78, 5) is 30.5. The Bertz CT molecular complexity index is 958. The number of nitrogens with two attached hydrogens (primary N) is 1. The highest BCUT2D eigenvalue weighted by Gasteiger charge is 2.11. The van der Waals surface area contributed by atoms with Gasteiger partial charge in [0.25, 0.3) is 5.91 Å². The maximum atomic E-state index is 12.2. The zero-order valence-electron chi connectivity index (χ0n) is 14.6. The highest BCUT2D eigenvalue weighted by molar-refractivity contribution is 7.14. The van der Waals surface area contributed by atoms with Gasteiger partial charge in [-0.1, -0.05) is 23.8 Å². The number of aryl methyl sites for hydroxylation is 3. The number of aromatic nitrogens is 2. The summed E-state index contributed by atoms with van der Waals surface area (Å²) in [5.74, 6) is -0.593. The topological polar surface area (TPSA) is 101 Å². The summed E-state index contributed by atoms with van der Waals surface area (Å²) >= 11 is 1.34. The van der Waals surface area contributed by atoms with Crippen LogP contribution < -0.4 is 11.1 Å². The van der Waals surface area contributed by atoms with Crippen molar-refractivity contribution < 1.29 is 9.59 Å². The number of carbonyl (C=O) groups excluding carboxylic acids is 2. The smallest absolute Gasteiger partial charge is 0.265 e. The number of hydrogen-bond donors (Lipinski definition) is 3. The van der Waals surface area contributed by atoms with Gasteiger partial charge < -0.3 is 16.0 Å². The number of hydrogen-bond acceptors (Lipinski definition) is 4. The summed E-state index contributed by atoms with van der Waals surface area (Å²) in [5.41, 5.74) is 10.6. The molecule has 0 aliphatic rings. The summed E-state index contributed by atoms with van der Waals surface area (Å²) in [6, 6.07) is 7.90. The third-order valence-corrected chi connectivity index (χ3v) is 4.87. The Labute approximate surface area is 155 Å². The largest absolute Gasteiger partial charge is 0.364 e. The number of anilines is 1. The van der Waals surface area contributed by atoms with E-state index < -0.39 is 5.91 Å². The van der Waals surface area contributed by atoms with E-state index in [-0.39, 0.29) is 5.91 Å². The molecule has 134 valence electrons. The van der Waals surface area contributed by atoms with E-state index >= 15 is 0 Å². The van der Waals surface area contributed by atoms with Crippen LogP contribution in [0.5, 0.6) is 0 Å². The number of nitrogens with zero attached hydrogens (tertiary/aromatic N) is 1. The van der Waals surface area contributed by atoms with Gasteiger partial charge in [-0.25, -0.2) is 4.98 Å². The standard InChI is InChI=1S/C19H20N4O2S/c1-11-3-4-13(12(2)7-11)5-6-17(24)23-19-22-16(10-26-19)14-8-15(18(20)25)21-9-14/h3-4,7-10,21H,5-6H2,1-2H3,(H2,20,25)(H,22,23,24). The fourth-order valence-corrected chi connectivity index (χ4v) is 3.44. The maximum Gasteiger partial charge on any atom is 0.265 e. The van der Waals surface area contributed by atoms with Crippen LogP contribution in [0.2, 0.25) is 0 Å². The number of nitrogens with one attached hydrogen (secondary N) is 2. The number of thiazole rings is 1. The summed E-state index contributed by atoms with van der Waals surface area (Å²) < 4.78 is 0. The van der Waals surface area contributed by atoms with E-state index in [9.17, 15) is 9.59 Å². The number of benzene rings is 1. The zero-order valence-corrected chi connectivity index (χ0v) is 15.4. The Morgan fingerprint density at radius 1 is 1.27 bits per heavy atom. The van der Waals surface area contributed by atoms with Crippen LogP contribution in [0.4, 0.5) is 5.13 Å². The fraction of sp³-hybridized carbons (Fsp3) is 0.211. The van der Waals surface area contributed by atoms with Gasteiger partial charge in [-0.2, -0.15) is 0 Å². The van der Waals surface area contributed by atoms with Gasteiger partial charge in [0, 0.05) is 23.6 Å². The molecule has 2 amide bonds. The second-order valence-electron chi connectivity index (χ2n) is 6.18.